The Morgan fingerprint density at radius 2 is 2.00 bits per heavy atom. The molecule has 1 saturated heterocycles. The normalized spacial score (nSPS) is 13.8. The Morgan fingerprint density at radius 1 is 1.27 bits per heavy atom. The molecule has 6 nitrogen and oxygen atoms in total. The number of carbonyl (C=O) groups is 2. The average Bonchev–Trinajstić information content (AvgIpc) is 3.06. The number of hydrogen-bond acceptors (Lipinski definition) is 4. The molecule has 0 atom stereocenters. The van der Waals surface area contributed by atoms with Crippen LogP contribution in [0.1, 0.15) is 36.5 Å². The van der Waals surface area contributed by atoms with E-state index in [0.29, 0.717) is 17.8 Å². The maximum Gasteiger partial charge on any atom is 0.337 e. The lowest BCUT2D eigenvalue weighted by Crippen LogP contribution is -2.30. The lowest BCUT2D eigenvalue weighted by molar-refractivity contribution is 0.0601. The van der Waals surface area contributed by atoms with Gasteiger partial charge >= 0.3 is 12.0 Å². The standard InChI is InChI=1S/C16H23N3O3/c1-3-8-17-16(21)18-13-11-12(15(20)22-2)6-7-14(13)19-9-4-5-10-19/h6-7,11H,3-5,8-10H2,1-2H3,(H2,17,18,21). The van der Waals surface area contributed by atoms with Gasteiger partial charge in [-0.15, -0.1) is 0 Å². The molecule has 0 saturated carbocycles. The molecule has 0 aliphatic carbocycles. The van der Waals surface area contributed by atoms with Crippen molar-refractivity contribution in [3.63, 3.8) is 0 Å². The minimum absolute atomic E-state index is 0.260. The van der Waals surface area contributed by atoms with E-state index in [1.807, 2.05) is 13.0 Å². The van der Waals surface area contributed by atoms with Crippen molar-refractivity contribution in [2.75, 3.05) is 37.0 Å². The fourth-order valence-corrected chi connectivity index (χ4v) is 2.52. The highest BCUT2D eigenvalue weighted by Gasteiger charge is 2.19. The third kappa shape index (κ3) is 3.90. The van der Waals surface area contributed by atoms with Crippen LogP contribution in [0.3, 0.4) is 0 Å². The van der Waals surface area contributed by atoms with E-state index in [1.165, 1.54) is 7.11 Å². The van der Waals surface area contributed by atoms with Gasteiger partial charge < -0.3 is 20.3 Å². The second-order valence-corrected chi connectivity index (χ2v) is 5.30. The summed E-state index contributed by atoms with van der Waals surface area (Å²) in [5.74, 6) is -0.412. The predicted octanol–water partition coefficient (Wildman–Crippen LogP) is 2.60. The molecule has 1 fully saturated rings. The van der Waals surface area contributed by atoms with E-state index >= 15 is 0 Å². The van der Waals surface area contributed by atoms with E-state index in [0.717, 1.165) is 38.0 Å². The van der Waals surface area contributed by atoms with Gasteiger partial charge in [0.2, 0.25) is 0 Å². The predicted molar refractivity (Wildman–Crippen MR) is 86.5 cm³/mol. The Hall–Kier alpha value is -2.24. The zero-order valence-corrected chi connectivity index (χ0v) is 13.1. The lowest BCUT2D eigenvalue weighted by atomic mass is 10.1. The van der Waals surface area contributed by atoms with Crippen molar-refractivity contribution >= 4 is 23.4 Å². The molecule has 0 unspecified atom stereocenters. The van der Waals surface area contributed by atoms with Crippen LogP contribution in [0.5, 0.6) is 0 Å². The first-order valence-corrected chi connectivity index (χ1v) is 7.68. The molecule has 1 heterocycles. The fourth-order valence-electron chi connectivity index (χ4n) is 2.52. The van der Waals surface area contributed by atoms with E-state index in [4.69, 9.17) is 4.74 Å². The third-order valence-electron chi connectivity index (χ3n) is 3.65. The van der Waals surface area contributed by atoms with Gasteiger partial charge in [-0.25, -0.2) is 9.59 Å². The molecule has 0 spiro atoms. The Balaban J connectivity index is 2.24. The summed E-state index contributed by atoms with van der Waals surface area (Å²) in [4.78, 5) is 25.8. The van der Waals surface area contributed by atoms with E-state index in [-0.39, 0.29) is 6.03 Å². The van der Waals surface area contributed by atoms with Crippen LogP contribution in [0.2, 0.25) is 0 Å². The fraction of sp³-hybridized carbons (Fsp3) is 0.500. The number of benzene rings is 1. The zero-order chi connectivity index (χ0) is 15.9. The molecular weight excluding hydrogens is 282 g/mol. The van der Waals surface area contributed by atoms with Crippen LogP contribution < -0.4 is 15.5 Å². The van der Waals surface area contributed by atoms with Crippen LogP contribution >= 0.6 is 0 Å². The molecular formula is C16H23N3O3. The molecule has 2 rings (SSSR count). The number of anilines is 2. The van der Waals surface area contributed by atoms with Crippen LogP contribution in [0.25, 0.3) is 0 Å². The van der Waals surface area contributed by atoms with Crippen molar-refractivity contribution in [1.29, 1.82) is 0 Å². The van der Waals surface area contributed by atoms with Crippen molar-refractivity contribution in [2.45, 2.75) is 26.2 Å². The first-order valence-electron chi connectivity index (χ1n) is 7.68. The maximum atomic E-state index is 11.9. The summed E-state index contributed by atoms with van der Waals surface area (Å²) in [6, 6.07) is 5.01. The second-order valence-electron chi connectivity index (χ2n) is 5.30. The monoisotopic (exact) mass is 305 g/mol. The van der Waals surface area contributed by atoms with Crippen LogP contribution in [-0.2, 0) is 4.74 Å². The summed E-state index contributed by atoms with van der Waals surface area (Å²) in [5.41, 5.74) is 2.01. The molecule has 2 amide bonds. The van der Waals surface area contributed by atoms with Crippen molar-refractivity contribution in [2.24, 2.45) is 0 Å². The summed E-state index contributed by atoms with van der Waals surface area (Å²) >= 11 is 0. The molecule has 0 radical (unpaired) electrons. The van der Waals surface area contributed by atoms with Crippen LogP contribution in [0.4, 0.5) is 16.2 Å². The van der Waals surface area contributed by atoms with Gasteiger partial charge in [0.15, 0.2) is 0 Å². The number of ether oxygens (including phenoxy) is 1. The van der Waals surface area contributed by atoms with E-state index in [9.17, 15) is 9.59 Å². The number of urea groups is 1. The highest BCUT2D eigenvalue weighted by molar-refractivity contribution is 5.97. The number of nitrogens with zero attached hydrogens (tertiary/aromatic N) is 1. The Labute approximate surface area is 130 Å². The number of esters is 1. The number of rotatable bonds is 5. The number of carbonyl (C=O) groups excluding carboxylic acids is 2. The zero-order valence-electron chi connectivity index (χ0n) is 13.1. The summed E-state index contributed by atoms with van der Waals surface area (Å²) in [6.45, 7) is 4.53. The van der Waals surface area contributed by atoms with Gasteiger partial charge in [0.25, 0.3) is 0 Å². The summed E-state index contributed by atoms with van der Waals surface area (Å²) < 4.78 is 4.75. The van der Waals surface area contributed by atoms with Gasteiger partial charge in [0.05, 0.1) is 24.0 Å². The average molecular weight is 305 g/mol. The second kappa shape index (κ2) is 7.68. The molecule has 2 N–H and O–H groups in total. The Kier molecular flexibility index (Phi) is 5.63. The van der Waals surface area contributed by atoms with E-state index in [1.54, 1.807) is 12.1 Å². The van der Waals surface area contributed by atoms with Crippen molar-refractivity contribution in [3.05, 3.63) is 23.8 Å². The maximum absolute atomic E-state index is 11.9. The molecule has 0 aromatic heterocycles. The van der Waals surface area contributed by atoms with Gasteiger partial charge in [-0.1, -0.05) is 6.92 Å². The molecule has 6 heteroatoms. The molecule has 22 heavy (non-hydrogen) atoms. The molecule has 1 aliphatic rings. The molecule has 1 aliphatic heterocycles. The number of amides is 2. The SMILES string of the molecule is CCCNC(=O)Nc1cc(C(=O)OC)ccc1N1CCCC1. The summed E-state index contributed by atoms with van der Waals surface area (Å²) in [7, 11) is 1.35. The Bertz CT molecular complexity index is 539. The minimum Gasteiger partial charge on any atom is -0.465 e. The van der Waals surface area contributed by atoms with Gasteiger partial charge in [-0.3, -0.25) is 0 Å². The van der Waals surface area contributed by atoms with Gasteiger partial charge in [-0.2, -0.15) is 0 Å². The van der Waals surface area contributed by atoms with Crippen molar-refractivity contribution in [1.82, 2.24) is 5.32 Å². The van der Waals surface area contributed by atoms with Crippen molar-refractivity contribution in [3.8, 4) is 0 Å². The first kappa shape index (κ1) is 16.1. The topological polar surface area (TPSA) is 70.7 Å². The lowest BCUT2D eigenvalue weighted by Gasteiger charge is -2.22. The number of methoxy groups -OCH3 is 1. The number of nitrogens with one attached hydrogen (secondary N) is 2. The summed E-state index contributed by atoms with van der Waals surface area (Å²) in [5, 5.41) is 5.62. The quantitative estimate of drug-likeness (QED) is 0.820. The molecule has 0 bridgehead atoms. The minimum atomic E-state index is -0.412. The van der Waals surface area contributed by atoms with Crippen LogP contribution in [0.15, 0.2) is 18.2 Å². The van der Waals surface area contributed by atoms with Gasteiger partial charge in [-0.05, 0) is 37.5 Å². The summed E-state index contributed by atoms with van der Waals surface area (Å²) in [6.07, 6.45) is 3.15. The highest BCUT2D eigenvalue weighted by Crippen LogP contribution is 2.30. The smallest absolute Gasteiger partial charge is 0.337 e. The highest BCUT2D eigenvalue weighted by atomic mass is 16.5. The van der Waals surface area contributed by atoms with Gasteiger partial charge in [0, 0.05) is 19.6 Å². The largest absolute Gasteiger partial charge is 0.465 e. The molecule has 1 aromatic rings. The van der Waals surface area contributed by atoms with Crippen LogP contribution in [0, 0.1) is 0 Å². The number of hydrogen-bond donors (Lipinski definition) is 2. The molecule has 1 aromatic carbocycles. The van der Waals surface area contributed by atoms with E-state index < -0.39 is 5.97 Å². The van der Waals surface area contributed by atoms with E-state index in [2.05, 4.69) is 15.5 Å². The van der Waals surface area contributed by atoms with Crippen molar-refractivity contribution < 1.29 is 14.3 Å². The molecule has 120 valence electrons. The first-order chi connectivity index (χ1) is 10.7. The van der Waals surface area contributed by atoms with Crippen LogP contribution in [-0.4, -0.2) is 38.7 Å². The van der Waals surface area contributed by atoms with Gasteiger partial charge in [0.1, 0.15) is 0 Å². The third-order valence-corrected chi connectivity index (χ3v) is 3.65. The Morgan fingerprint density at radius 3 is 2.64 bits per heavy atom.